The van der Waals surface area contributed by atoms with Crippen LogP contribution in [0.3, 0.4) is 0 Å². The molecule has 2 aromatic carbocycles. The van der Waals surface area contributed by atoms with Gasteiger partial charge in [-0.2, -0.15) is 0 Å². The van der Waals surface area contributed by atoms with Crippen LogP contribution in [0.15, 0.2) is 61.7 Å². The second-order valence-corrected chi connectivity index (χ2v) is 6.43. The molecule has 0 aliphatic carbocycles. The van der Waals surface area contributed by atoms with Crippen molar-refractivity contribution in [3.05, 3.63) is 83.9 Å². The lowest BCUT2D eigenvalue weighted by atomic mass is 10.1. The Hall–Kier alpha value is -2.16. The maximum Gasteiger partial charge on any atom is 0.0205 e. The van der Waals surface area contributed by atoms with E-state index in [1.165, 1.54) is 28.7 Å². The molecule has 0 spiro atoms. The first-order valence-electron chi connectivity index (χ1n) is 9.09. The summed E-state index contributed by atoms with van der Waals surface area (Å²) in [5, 5.41) is 7.15. The third-order valence-corrected chi connectivity index (χ3v) is 4.53. The molecule has 0 heterocycles. The molecule has 2 aromatic rings. The molecule has 2 nitrogen and oxygen atoms in total. The van der Waals surface area contributed by atoms with Crippen molar-refractivity contribution in [3.63, 3.8) is 0 Å². The average molecular weight is 335 g/mol. The van der Waals surface area contributed by atoms with Crippen molar-refractivity contribution in [2.24, 2.45) is 5.92 Å². The van der Waals surface area contributed by atoms with Gasteiger partial charge < -0.3 is 10.6 Å². The number of hydrogen-bond donors (Lipinski definition) is 2. The van der Waals surface area contributed by atoms with Crippen molar-refractivity contribution >= 4 is 12.2 Å². The van der Waals surface area contributed by atoms with Crippen LogP contribution in [-0.2, 0) is 13.1 Å². The van der Waals surface area contributed by atoms with Gasteiger partial charge in [0.25, 0.3) is 0 Å². The molecule has 0 bridgehead atoms. The Labute approximate surface area is 152 Å². The molecule has 0 saturated heterocycles. The Morgan fingerprint density at radius 3 is 1.48 bits per heavy atom. The molecular formula is C23H30N2. The van der Waals surface area contributed by atoms with Gasteiger partial charge in [0.15, 0.2) is 0 Å². The Morgan fingerprint density at radius 1 is 0.760 bits per heavy atom. The Kier molecular flexibility index (Phi) is 8.17. The number of benzene rings is 2. The van der Waals surface area contributed by atoms with E-state index in [-0.39, 0.29) is 0 Å². The molecule has 0 radical (unpaired) electrons. The van der Waals surface area contributed by atoms with Gasteiger partial charge in [-0.3, -0.25) is 0 Å². The molecule has 132 valence electrons. The second-order valence-electron chi connectivity index (χ2n) is 6.43. The van der Waals surface area contributed by atoms with Crippen LogP contribution in [0.2, 0.25) is 0 Å². The van der Waals surface area contributed by atoms with E-state index in [4.69, 9.17) is 0 Å². The number of hydrogen-bond acceptors (Lipinski definition) is 2. The molecule has 0 saturated carbocycles. The monoisotopic (exact) mass is 334 g/mol. The van der Waals surface area contributed by atoms with Crippen molar-refractivity contribution < 1.29 is 0 Å². The first kappa shape index (κ1) is 19.2. The SMILES string of the molecule is C=Cc1ccc(CNCC(CC)CNCc2ccc(C=C)cc2)cc1. The fourth-order valence-corrected chi connectivity index (χ4v) is 2.75. The molecule has 25 heavy (non-hydrogen) atoms. The van der Waals surface area contributed by atoms with Gasteiger partial charge in [-0.25, -0.2) is 0 Å². The topological polar surface area (TPSA) is 24.1 Å². The maximum absolute atomic E-state index is 3.79. The fourth-order valence-electron chi connectivity index (χ4n) is 2.75. The molecule has 0 aliphatic heterocycles. The normalized spacial score (nSPS) is 10.8. The minimum absolute atomic E-state index is 0.639. The molecule has 0 fully saturated rings. The third kappa shape index (κ3) is 6.69. The van der Waals surface area contributed by atoms with E-state index in [0.717, 1.165) is 26.2 Å². The largest absolute Gasteiger partial charge is 0.312 e. The van der Waals surface area contributed by atoms with Crippen LogP contribution in [0.5, 0.6) is 0 Å². The Bertz CT molecular complexity index is 583. The van der Waals surface area contributed by atoms with Gasteiger partial charge in [-0.05, 0) is 41.3 Å². The minimum atomic E-state index is 0.639. The summed E-state index contributed by atoms with van der Waals surface area (Å²) in [5.74, 6) is 0.639. The zero-order chi connectivity index (χ0) is 17.9. The third-order valence-electron chi connectivity index (χ3n) is 4.53. The van der Waals surface area contributed by atoms with Crippen molar-refractivity contribution in [1.29, 1.82) is 0 Å². The molecule has 2 N–H and O–H groups in total. The predicted octanol–water partition coefficient (Wildman–Crippen LogP) is 4.88. The van der Waals surface area contributed by atoms with Crippen LogP contribution in [-0.4, -0.2) is 13.1 Å². The van der Waals surface area contributed by atoms with Crippen LogP contribution in [0, 0.1) is 5.92 Å². The van der Waals surface area contributed by atoms with Gasteiger partial charge in [-0.1, -0.05) is 87.2 Å². The van der Waals surface area contributed by atoms with Crippen LogP contribution >= 0.6 is 0 Å². The van der Waals surface area contributed by atoms with Gasteiger partial charge in [0.1, 0.15) is 0 Å². The molecule has 0 unspecified atom stereocenters. The summed E-state index contributed by atoms with van der Waals surface area (Å²) in [7, 11) is 0. The van der Waals surface area contributed by atoms with E-state index in [1.54, 1.807) is 0 Å². The van der Waals surface area contributed by atoms with Crippen LogP contribution < -0.4 is 10.6 Å². The zero-order valence-electron chi connectivity index (χ0n) is 15.3. The molecule has 0 aliphatic rings. The van der Waals surface area contributed by atoms with E-state index in [9.17, 15) is 0 Å². The van der Waals surface area contributed by atoms with Crippen molar-refractivity contribution in [3.8, 4) is 0 Å². The standard InChI is InChI=1S/C23H30N2/c1-4-19-7-11-22(12-8-19)17-24-15-21(6-3)16-25-18-23-13-9-20(5-2)10-14-23/h4-5,7-14,21,24-25H,1-2,6,15-18H2,3H3. The van der Waals surface area contributed by atoms with Crippen molar-refractivity contribution in [1.82, 2.24) is 10.6 Å². The molecule has 0 aromatic heterocycles. The summed E-state index contributed by atoms with van der Waals surface area (Å²) in [4.78, 5) is 0. The fraction of sp³-hybridized carbons (Fsp3) is 0.304. The Balaban J connectivity index is 1.68. The van der Waals surface area contributed by atoms with Gasteiger partial charge in [0.05, 0.1) is 0 Å². The van der Waals surface area contributed by atoms with E-state index >= 15 is 0 Å². The summed E-state index contributed by atoms with van der Waals surface area (Å²) in [6.07, 6.45) is 4.92. The van der Waals surface area contributed by atoms with Gasteiger partial charge in [0, 0.05) is 13.1 Å². The van der Waals surface area contributed by atoms with Gasteiger partial charge in [-0.15, -0.1) is 0 Å². The smallest absolute Gasteiger partial charge is 0.0205 e. The Morgan fingerprint density at radius 2 is 1.16 bits per heavy atom. The van der Waals surface area contributed by atoms with E-state index in [1.807, 2.05) is 12.2 Å². The lowest BCUT2D eigenvalue weighted by Gasteiger charge is -2.17. The molecule has 2 heteroatoms. The lowest BCUT2D eigenvalue weighted by Crippen LogP contribution is -2.30. The minimum Gasteiger partial charge on any atom is -0.312 e. The van der Waals surface area contributed by atoms with E-state index < -0.39 is 0 Å². The molecule has 0 amide bonds. The highest BCUT2D eigenvalue weighted by molar-refractivity contribution is 5.47. The lowest BCUT2D eigenvalue weighted by molar-refractivity contribution is 0.429. The summed E-state index contributed by atoms with van der Waals surface area (Å²) in [5.41, 5.74) is 4.97. The second kappa shape index (κ2) is 10.7. The van der Waals surface area contributed by atoms with Crippen LogP contribution in [0.4, 0.5) is 0 Å². The zero-order valence-corrected chi connectivity index (χ0v) is 15.3. The first-order chi connectivity index (χ1) is 12.2. The van der Waals surface area contributed by atoms with Crippen molar-refractivity contribution in [2.75, 3.05) is 13.1 Å². The number of nitrogens with one attached hydrogen (secondary N) is 2. The highest BCUT2D eigenvalue weighted by atomic mass is 14.9. The summed E-state index contributed by atoms with van der Waals surface area (Å²) in [6.45, 7) is 13.7. The van der Waals surface area contributed by atoms with Crippen LogP contribution in [0.1, 0.15) is 35.6 Å². The molecular weight excluding hydrogens is 304 g/mol. The quantitative estimate of drug-likeness (QED) is 0.612. The average Bonchev–Trinajstić information content (AvgIpc) is 2.67. The molecule has 2 rings (SSSR count). The van der Waals surface area contributed by atoms with Gasteiger partial charge >= 0.3 is 0 Å². The first-order valence-corrected chi connectivity index (χ1v) is 9.09. The highest BCUT2D eigenvalue weighted by Gasteiger charge is 2.05. The summed E-state index contributed by atoms with van der Waals surface area (Å²) in [6, 6.07) is 17.1. The van der Waals surface area contributed by atoms with E-state index in [2.05, 4.69) is 79.2 Å². The summed E-state index contributed by atoms with van der Waals surface area (Å²) >= 11 is 0. The predicted molar refractivity (Wildman–Crippen MR) is 110 cm³/mol. The van der Waals surface area contributed by atoms with Crippen molar-refractivity contribution in [2.45, 2.75) is 26.4 Å². The van der Waals surface area contributed by atoms with Gasteiger partial charge in [0.2, 0.25) is 0 Å². The van der Waals surface area contributed by atoms with Crippen LogP contribution in [0.25, 0.3) is 12.2 Å². The van der Waals surface area contributed by atoms with E-state index in [0.29, 0.717) is 5.92 Å². The number of rotatable bonds is 11. The summed E-state index contributed by atoms with van der Waals surface area (Å²) < 4.78 is 0. The molecule has 0 atom stereocenters. The highest BCUT2D eigenvalue weighted by Crippen LogP contribution is 2.07. The maximum atomic E-state index is 3.79.